The van der Waals surface area contributed by atoms with E-state index < -0.39 is 12.2 Å². The molecule has 1 saturated carbocycles. The minimum atomic E-state index is -0.603. The smallest absolute Gasteiger partial charge is 0.263 e. The van der Waals surface area contributed by atoms with Crippen LogP contribution in [0.15, 0.2) is 12.1 Å². The second kappa shape index (κ2) is 7.54. The maximum Gasteiger partial charge on any atom is 0.263 e. The molecule has 5 heteroatoms. The lowest BCUT2D eigenvalue weighted by molar-refractivity contribution is -0.142. The molecule has 2 rings (SSSR count). The first kappa shape index (κ1) is 18.1. The van der Waals surface area contributed by atoms with Crippen molar-refractivity contribution in [2.24, 2.45) is 0 Å². The van der Waals surface area contributed by atoms with Crippen molar-refractivity contribution in [1.29, 1.82) is 0 Å². The summed E-state index contributed by atoms with van der Waals surface area (Å²) in [6.45, 7) is 5.58. The van der Waals surface area contributed by atoms with Gasteiger partial charge in [-0.3, -0.25) is 4.79 Å². The predicted octanol–water partition coefficient (Wildman–Crippen LogP) is 3.49. The van der Waals surface area contributed by atoms with Crippen LogP contribution in [0.2, 0.25) is 5.02 Å². The van der Waals surface area contributed by atoms with Gasteiger partial charge >= 0.3 is 0 Å². The van der Waals surface area contributed by atoms with E-state index in [1.54, 1.807) is 18.9 Å². The third kappa shape index (κ3) is 4.18. The zero-order valence-corrected chi connectivity index (χ0v) is 15.1. The molecule has 1 aliphatic rings. The lowest BCUT2D eigenvalue weighted by Crippen LogP contribution is -2.50. The highest BCUT2D eigenvalue weighted by molar-refractivity contribution is 6.32. The average Bonchev–Trinajstić information content (AvgIpc) is 2.51. The summed E-state index contributed by atoms with van der Waals surface area (Å²) in [7, 11) is 1.75. The molecule has 0 saturated heterocycles. The quantitative estimate of drug-likeness (QED) is 0.913. The first-order valence-electron chi connectivity index (χ1n) is 8.19. The van der Waals surface area contributed by atoms with Gasteiger partial charge in [0, 0.05) is 12.1 Å². The molecule has 0 radical (unpaired) electrons. The molecule has 0 bridgehead atoms. The molecule has 0 heterocycles. The van der Waals surface area contributed by atoms with Gasteiger partial charge in [-0.1, -0.05) is 24.4 Å². The van der Waals surface area contributed by atoms with Gasteiger partial charge in [-0.05, 0) is 56.9 Å². The summed E-state index contributed by atoms with van der Waals surface area (Å²) >= 11 is 6.16. The van der Waals surface area contributed by atoms with Crippen molar-refractivity contribution >= 4 is 17.5 Å². The van der Waals surface area contributed by atoms with Gasteiger partial charge in [0.1, 0.15) is 5.75 Å². The Bertz CT molecular complexity index is 552. The number of aliphatic hydroxyl groups is 1. The van der Waals surface area contributed by atoms with E-state index in [1.165, 1.54) is 0 Å². The molecular weight excluding hydrogens is 314 g/mol. The van der Waals surface area contributed by atoms with Crippen LogP contribution in [0.1, 0.15) is 43.7 Å². The molecule has 0 unspecified atom stereocenters. The Balaban J connectivity index is 2.04. The Morgan fingerprint density at radius 1 is 1.30 bits per heavy atom. The number of carbonyl (C=O) groups excluding carboxylic acids is 1. The number of rotatable bonds is 4. The molecule has 0 aromatic heterocycles. The van der Waals surface area contributed by atoms with E-state index in [0.717, 1.165) is 41.8 Å². The van der Waals surface area contributed by atoms with E-state index in [-0.39, 0.29) is 11.9 Å². The molecule has 1 aromatic rings. The van der Waals surface area contributed by atoms with E-state index in [9.17, 15) is 9.90 Å². The van der Waals surface area contributed by atoms with Crippen molar-refractivity contribution in [3.63, 3.8) is 0 Å². The zero-order valence-electron chi connectivity index (χ0n) is 14.3. The molecule has 0 spiro atoms. The lowest BCUT2D eigenvalue weighted by Gasteiger charge is -2.36. The number of ether oxygens (including phenoxy) is 1. The summed E-state index contributed by atoms with van der Waals surface area (Å²) in [4.78, 5) is 14.2. The van der Waals surface area contributed by atoms with Gasteiger partial charge in [0.05, 0.1) is 12.1 Å². The summed E-state index contributed by atoms with van der Waals surface area (Å²) < 4.78 is 5.81. The molecule has 1 fully saturated rings. The molecule has 1 aromatic carbocycles. The van der Waals surface area contributed by atoms with Crippen LogP contribution in [0, 0.1) is 13.8 Å². The van der Waals surface area contributed by atoms with Gasteiger partial charge in [-0.15, -0.1) is 0 Å². The molecule has 23 heavy (non-hydrogen) atoms. The van der Waals surface area contributed by atoms with Crippen LogP contribution >= 0.6 is 11.6 Å². The van der Waals surface area contributed by atoms with Gasteiger partial charge < -0.3 is 14.7 Å². The second-order valence-corrected chi connectivity index (χ2v) is 6.88. The minimum absolute atomic E-state index is 0.110. The number of nitrogens with zero attached hydrogens (tertiary/aromatic N) is 1. The van der Waals surface area contributed by atoms with E-state index in [4.69, 9.17) is 16.3 Å². The topological polar surface area (TPSA) is 49.8 Å². The van der Waals surface area contributed by atoms with Gasteiger partial charge in [0.25, 0.3) is 5.91 Å². The highest BCUT2D eigenvalue weighted by atomic mass is 35.5. The van der Waals surface area contributed by atoms with E-state index in [1.807, 2.05) is 26.0 Å². The summed E-state index contributed by atoms with van der Waals surface area (Å²) in [5.41, 5.74) is 1.86. The second-order valence-electron chi connectivity index (χ2n) is 6.50. The Labute approximate surface area is 143 Å². The van der Waals surface area contributed by atoms with Crippen LogP contribution in [0.4, 0.5) is 0 Å². The fourth-order valence-electron chi connectivity index (χ4n) is 3.22. The van der Waals surface area contributed by atoms with Crippen LogP contribution in [0.3, 0.4) is 0 Å². The van der Waals surface area contributed by atoms with Crippen molar-refractivity contribution < 1.29 is 14.6 Å². The maximum atomic E-state index is 12.6. The first-order valence-corrected chi connectivity index (χ1v) is 8.57. The number of aliphatic hydroxyl groups excluding tert-OH is 1. The summed E-state index contributed by atoms with van der Waals surface area (Å²) in [5, 5.41) is 10.8. The predicted molar refractivity (Wildman–Crippen MR) is 92.0 cm³/mol. The van der Waals surface area contributed by atoms with E-state index in [2.05, 4.69) is 0 Å². The number of benzene rings is 1. The van der Waals surface area contributed by atoms with Gasteiger partial charge in [-0.2, -0.15) is 0 Å². The molecule has 4 nitrogen and oxygen atoms in total. The molecule has 1 aliphatic carbocycles. The molecule has 128 valence electrons. The van der Waals surface area contributed by atoms with Crippen LogP contribution < -0.4 is 4.74 Å². The van der Waals surface area contributed by atoms with Gasteiger partial charge in [0.15, 0.2) is 6.10 Å². The third-order valence-corrected chi connectivity index (χ3v) is 5.21. The monoisotopic (exact) mass is 339 g/mol. The van der Waals surface area contributed by atoms with Crippen molar-refractivity contribution in [3.05, 3.63) is 28.3 Å². The van der Waals surface area contributed by atoms with E-state index in [0.29, 0.717) is 5.75 Å². The van der Waals surface area contributed by atoms with Crippen LogP contribution in [0.5, 0.6) is 5.75 Å². The van der Waals surface area contributed by atoms with Crippen molar-refractivity contribution in [3.8, 4) is 5.75 Å². The van der Waals surface area contributed by atoms with Crippen LogP contribution in [-0.2, 0) is 4.79 Å². The van der Waals surface area contributed by atoms with Crippen LogP contribution in [-0.4, -0.2) is 41.2 Å². The fourth-order valence-corrected chi connectivity index (χ4v) is 3.33. The Morgan fingerprint density at radius 2 is 1.87 bits per heavy atom. The van der Waals surface area contributed by atoms with Gasteiger partial charge in [0.2, 0.25) is 0 Å². The lowest BCUT2D eigenvalue weighted by atomic mass is 9.91. The number of amides is 1. The normalized spacial score (nSPS) is 22.5. The Hall–Kier alpha value is -1.26. The SMILES string of the molecule is Cc1cc(O[C@H](C)C(=O)N(C)[C@H]2CCCC[C@@H]2O)cc(C)c1Cl. The summed E-state index contributed by atoms with van der Waals surface area (Å²) in [6, 6.07) is 3.57. The number of hydrogen-bond acceptors (Lipinski definition) is 3. The summed E-state index contributed by atoms with van der Waals surface area (Å²) in [6.07, 6.45) is 2.63. The number of hydrogen-bond donors (Lipinski definition) is 1. The maximum absolute atomic E-state index is 12.6. The van der Waals surface area contributed by atoms with Crippen LogP contribution in [0.25, 0.3) is 0 Å². The average molecular weight is 340 g/mol. The van der Waals surface area contributed by atoms with E-state index >= 15 is 0 Å². The molecule has 0 aliphatic heterocycles. The Kier molecular flexibility index (Phi) is 5.93. The molecule has 1 N–H and O–H groups in total. The van der Waals surface area contributed by atoms with Gasteiger partial charge in [-0.25, -0.2) is 0 Å². The third-order valence-electron chi connectivity index (χ3n) is 4.61. The standard InChI is InChI=1S/C18H26ClNO3/c1-11-9-14(10-12(2)17(11)19)23-13(3)18(22)20(4)15-7-5-6-8-16(15)21/h9-10,13,15-16,21H,5-8H2,1-4H3/t13-,15+,16+/m1/s1. The zero-order chi connectivity index (χ0) is 17.1. The van der Waals surface area contributed by atoms with Crippen molar-refractivity contribution in [1.82, 2.24) is 4.90 Å². The van der Waals surface area contributed by atoms with Crippen molar-refractivity contribution in [2.45, 2.75) is 64.7 Å². The molecular formula is C18H26ClNO3. The highest BCUT2D eigenvalue weighted by Gasteiger charge is 2.32. The summed E-state index contributed by atoms with van der Waals surface area (Å²) in [5.74, 6) is 0.532. The first-order chi connectivity index (χ1) is 10.8. The molecule has 3 atom stereocenters. The highest BCUT2D eigenvalue weighted by Crippen LogP contribution is 2.27. The number of aryl methyl sites for hydroxylation is 2. The molecule has 1 amide bonds. The fraction of sp³-hybridized carbons (Fsp3) is 0.611. The number of likely N-dealkylation sites (N-methyl/N-ethyl adjacent to an activating group) is 1. The largest absolute Gasteiger partial charge is 0.481 e. The number of carbonyl (C=O) groups is 1. The Morgan fingerprint density at radius 3 is 2.43 bits per heavy atom. The number of halogens is 1. The van der Waals surface area contributed by atoms with Crippen molar-refractivity contribution in [2.75, 3.05) is 7.05 Å². The minimum Gasteiger partial charge on any atom is -0.481 e.